The van der Waals surface area contributed by atoms with Crippen molar-refractivity contribution in [3.8, 4) is 6.07 Å². The lowest BCUT2D eigenvalue weighted by atomic mass is 9.89. The molecule has 1 aliphatic rings. The normalized spacial score (nSPS) is 18.7. The first kappa shape index (κ1) is 16.5. The van der Waals surface area contributed by atoms with Gasteiger partial charge in [-0.3, -0.25) is 0 Å². The van der Waals surface area contributed by atoms with Gasteiger partial charge in [0.1, 0.15) is 0 Å². The van der Waals surface area contributed by atoms with Crippen LogP contribution in [-0.4, -0.2) is 49.1 Å². The second-order valence-electron chi connectivity index (χ2n) is 6.60. The highest BCUT2D eigenvalue weighted by atomic mass is 15.2. The van der Waals surface area contributed by atoms with Gasteiger partial charge in [-0.05, 0) is 72.8 Å². The maximum Gasteiger partial charge on any atom is 0.0683 e. The molecule has 3 heteroatoms. The fraction of sp³-hybridized carbons (Fsp3) is 0.938. The van der Waals surface area contributed by atoms with E-state index in [-0.39, 0.29) is 5.41 Å². The molecule has 0 aromatic rings. The summed E-state index contributed by atoms with van der Waals surface area (Å²) in [4.78, 5) is 5.08. The SMILES string of the molecule is CCN1CCC(N(C)CCCCC(C)(C)C#N)CC1. The second kappa shape index (κ2) is 7.87. The third-order valence-corrected chi connectivity index (χ3v) is 4.49. The van der Waals surface area contributed by atoms with E-state index >= 15 is 0 Å². The molecule has 0 saturated carbocycles. The van der Waals surface area contributed by atoms with Crippen LogP contribution in [0.4, 0.5) is 0 Å². The summed E-state index contributed by atoms with van der Waals surface area (Å²) in [5.41, 5.74) is -0.148. The van der Waals surface area contributed by atoms with Gasteiger partial charge in [0.2, 0.25) is 0 Å². The fourth-order valence-corrected chi connectivity index (χ4v) is 2.84. The molecule has 0 aromatic heterocycles. The van der Waals surface area contributed by atoms with Crippen LogP contribution >= 0.6 is 0 Å². The van der Waals surface area contributed by atoms with Crippen LogP contribution in [0.15, 0.2) is 0 Å². The molecule has 1 aliphatic heterocycles. The van der Waals surface area contributed by atoms with Gasteiger partial charge in [0.15, 0.2) is 0 Å². The van der Waals surface area contributed by atoms with Crippen LogP contribution in [0, 0.1) is 16.7 Å². The van der Waals surface area contributed by atoms with Gasteiger partial charge in [0.05, 0.1) is 11.5 Å². The zero-order chi connectivity index (χ0) is 14.3. The Morgan fingerprint density at radius 2 is 1.89 bits per heavy atom. The third-order valence-electron chi connectivity index (χ3n) is 4.49. The first-order valence-corrected chi connectivity index (χ1v) is 7.82. The van der Waals surface area contributed by atoms with Crippen LogP contribution in [0.3, 0.4) is 0 Å². The summed E-state index contributed by atoms with van der Waals surface area (Å²) in [7, 11) is 2.27. The average molecular weight is 265 g/mol. The monoisotopic (exact) mass is 265 g/mol. The van der Waals surface area contributed by atoms with Crippen LogP contribution in [0.1, 0.15) is 52.9 Å². The highest BCUT2D eigenvalue weighted by molar-refractivity contribution is 4.91. The molecule has 0 atom stereocenters. The highest BCUT2D eigenvalue weighted by Gasteiger charge is 2.21. The number of likely N-dealkylation sites (tertiary alicyclic amines) is 1. The Bertz CT molecular complexity index is 285. The van der Waals surface area contributed by atoms with E-state index in [0.29, 0.717) is 0 Å². The quantitative estimate of drug-likeness (QED) is 0.663. The van der Waals surface area contributed by atoms with E-state index < -0.39 is 0 Å². The Balaban J connectivity index is 2.15. The number of hydrogen-bond acceptors (Lipinski definition) is 3. The van der Waals surface area contributed by atoms with Crippen molar-refractivity contribution in [3.63, 3.8) is 0 Å². The zero-order valence-corrected chi connectivity index (χ0v) is 13.3. The van der Waals surface area contributed by atoms with Crippen molar-refractivity contribution in [2.75, 3.05) is 33.2 Å². The number of piperidine rings is 1. The van der Waals surface area contributed by atoms with E-state index in [1.807, 2.05) is 13.8 Å². The van der Waals surface area contributed by atoms with E-state index in [1.165, 1.54) is 51.9 Å². The smallest absolute Gasteiger partial charge is 0.0683 e. The molecule has 1 heterocycles. The Morgan fingerprint density at radius 1 is 1.26 bits per heavy atom. The van der Waals surface area contributed by atoms with Gasteiger partial charge in [-0.2, -0.15) is 5.26 Å². The first-order valence-electron chi connectivity index (χ1n) is 7.82. The Hall–Kier alpha value is -0.590. The molecule has 0 aromatic carbocycles. The van der Waals surface area contributed by atoms with Crippen molar-refractivity contribution >= 4 is 0 Å². The molecular weight excluding hydrogens is 234 g/mol. The average Bonchev–Trinajstić information content (AvgIpc) is 2.43. The van der Waals surface area contributed by atoms with Crippen LogP contribution < -0.4 is 0 Å². The van der Waals surface area contributed by atoms with Gasteiger partial charge < -0.3 is 9.80 Å². The summed E-state index contributed by atoms with van der Waals surface area (Å²) in [5.74, 6) is 0. The molecule has 0 amide bonds. The van der Waals surface area contributed by atoms with Gasteiger partial charge in [-0.1, -0.05) is 13.3 Å². The van der Waals surface area contributed by atoms with E-state index in [0.717, 1.165) is 12.5 Å². The van der Waals surface area contributed by atoms with Crippen molar-refractivity contribution in [1.82, 2.24) is 9.80 Å². The summed E-state index contributed by atoms with van der Waals surface area (Å²) in [6.45, 7) is 11.2. The first-order chi connectivity index (χ1) is 8.98. The molecule has 110 valence electrons. The third kappa shape index (κ3) is 5.93. The lowest BCUT2D eigenvalue weighted by molar-refractivity contribution is 0.129. The summed E-state index contributed by atoms with van der Waals surface area (Å²) in [6, 6.07) is 3.16. The second-order valence-corrected chi connectivity index (χ2v) is 6.60. The standard InChI is InChI=1S/C16H31N3/c1-5-19-12-8-15(9-13-19)18(4)11-7-6-10-16(2,3)14-17/h15H,5-13H2,1-4H3. The van der Waals surface area contributed by atoms with Crippen LogP contribution in [0.25, 0.3) is 0 Å². The van der Waals surface area contributed by atoms with Gasteiger partial charge >= 0.3 is 0 Å². The van der Waals surface area contributed by atoms with Crippen LogP contribution in [0.2, 0.25) is 0 Å². The molecule has 0 aliphatic carbocycles. The molecule has 0 spiro atoms. The predicted octanol–water partition coefficient (Wildman–Crippen LogP) is 3.12. The largest absolute Gasteiger partial charge is 0.303 e. The molecule has 19 heavy (non-hydrogen) atoms. The molecule has 1 saturated heterocycles. The summed E-state index contributed by atoms with van der Waals surface area (Å²) in [6.07, 6.45) is 6.03. The molecule has 0 bridgehead atoms. The fourth-order valence-electron chi connectivity index (χ4n) is 2.84. The maximum absolute atomic E-state index is 8.99. The summed E-state index contributed by atoms with van der Waals surface area (Å²) in [5, 5.41) is 8.99. The van der Waals surface area contributed by atoms with Crippen molar-refractivity contribution < 1.29 is 0 Å². The molecule has 0 N–H and O–H groups in total. The van der Waals surface area contributed by atoms with E-state index in [2.05, 4.69) is 29.8 Å². The highest BCUT2D eigenvalue weighted by Crippen LogP contribution is 2.22. The van der Waals surface area contributed by atoms with Crippen molar-refractivity contribution in [2.24, 2.45) is 5.41 Å². The zero-order valence-electron chi connectivity index (χ0n) is 13.3. The Labute approximate surface area is 119 Å². The molecule has 0 radical (unpaired) electrons. The maximum atomic E-state index is 8.99. The molecule has 3 nitrogen and oxygen atoms in total. The van der Waals surface area contributed by atoms with E-state index in [4.69, 9.17) is 5.26 Å². The Morgan fingerprint density at radius 3 is 2.42 bits per heavy atom. The number of nitriles is 1. The number of unbranched alkanes of at least 4 members (excludes halogenated alkanes) is 1. The van der Waals surface area contributed by atoms with Gasteiger partial charge in [-0.15, -0.1) is 0 Å². The van der Waals surface area contributed by atoms with Crippen molar-refractivity contribution in [3.05, 3.63) is 0 Å². The minimum absolute atomic E-state index is 0.148. The lowest BCUT2D eigenvalue weighted by Gasteiger charge is -2.36. The van der Waals surface area contributed by atoms with Crippen molar-refractivity contribution in [1.29, 1.82) is 5.26 Å². The van der Waals surface area contributed by atoms with Crippen LogP contribution in [-0.2, 0) is 0 Å². The van der Waals surface area contributed by atoms with Crippen LogP contribution in [0.5, 0.6) is 0 Å². The minimum Gasteiger partial charge on any atom is -0.303 e. The molecule has 0 unspecified atom stereocenters. The minimum atomic E-state index is -0.148. The molecule has 1 fully saturated rings. The van der Waals surface area contributed by atoms with Gasteiger partial charge in [0, 0.05) is 6.04 Å². The molecule has 1 rings (SSSR count). The summed E-state index contributed by atoms with van der Waals surface area (Å²) >= 11 is 0. The molecular formula is C16H31N3. The lowest BCUT2D eigenvalue weighted by Crippen LogP contribution is -2.43. The number of hydrogen-bond donors (Lipinski definition) is 0. The predicted molar refractivity (Wildman–Crippen MR) is 81.0 cm³/mol. The Kier molecular flexibility index (Phi) is 6.82. The van der Waals surface area contributed by atoms with Gasteiger partial charge in [-0.25, -0.2) is 0 Å². The van der Waals surface area contributed by atoms with Gasteiger partial charge in [0.25, 0.3) is 0 Å². The number of nitrogens with zero attached hydrogens (tertiary/aromatic N) is 3. The van der Waals surface area contributed by atoms with E-state index in [1.54, 1.807) is 0 Å². The van der Waals surface area contributed by atoms with Crippen molar-refractivity contribution in [2.45, 2.75) is 58.9 Å². The summed E-state index contributed by atoms with van der Waals surface area (Å²) < 4.78 is 0. The van der Waals surface area contributed by atoms with E-state index in [9.17, 15) is 0 Å². The number of rotatable bonds is 7. The topological polar surface area (TPSA) is 30.3 Å².